The molecule has 4 nitrogen and oxygen atoms in total. The Morgan fingerprint density at radius 3 is 2.54 bits per heavy atom. The van der Waals surface area contributed by atoms with Gasteiger partial charge in [0.15, 0.2) is 0 Å². The van der Waals surface area contributed by atoms with Crippen molar-refractivity contribution < 1.29 is 13.2 Å². The van der Waals surface area contributed by atoms with Crippen LogP contribution in [0.3, 0.4) is 0 Å². The Hall–Kier alpha value is -0.550. The molecule has 0 aliphatic rings. The first-order chi connectivity index (χ1) is 6.02. The van der Waals surface area contributed by atoms with Crippen molar-refractivity contribution in [1.82, 2.24) is 0 Å². The SMILES string of the molecule is CC[C@@H](CCC=COC)S(N)(=O)=O. The van der Waals surface area contributed by atoms with Crippen molar-refractivity contribution in [2.75, 3.05) is 7.11 Å². The Morgan fingerprint density at radius 1 is 1.54 bits per heavy atom. The van der Waals surface area contributed by atoms with E-state index in [0.29, 0.717) is 19.3 Å². The first-order valence-electron chi connectivity index (χ1n) is 4.21. The number of primary sulfonamides is 1. The van der Waals surface area contributed by atoms with Gasteiger partial charge in [0.2, 0.25) is 10.0 Å². The summed E-state index contributed by atoms with van der Waals surface area (Å²) in [6, 6.07) is 0. The second kappa shape index (κ2) is 5.99. The van der Waals surface area contributed by atoms with E-state index < -0.39 is 15.3 Å². The highest BCUT2D eigenvalue weighted by Gasteiger charge is 2.17. The van der Waals surface area contributed by atoms with Crippen LogP contribution >= 0.6 is 0 Å². The average molecular weight is 207 g/mol. The molecule has 13 heavy (non-hydrogen) atoms. The third-order valence-corrected chi connectivity index (χ3v) is 3.31. The summed E-state index contributed by atoms with van der Waals surface area (Å²) in [6.45, 7) is 1.81. The van der Waals surface area contributed by atoms with Crippen LogP contribution < -0.4 is 5.14 Å². The molecule has 0 amide bonds. The van der Waals surface area contributed by atoms with Gasteiger partial charge in [-0.3, -0.25) is 0 Å². The standard InChI is InChI=1S/C8H17NO3S/c1-3-8(13(9,10)11)6-4-5-7-12-2/h5,7-8H,3-4,6H2,1-2H3,(H2,9,10,11)/t8-/m0/s1. The summed E-state index contributed by atoms with van der Waals surface area (Å²) in [5.41, 5.74) is 0. The van der Waals surface area contributed by atoms with E-state index in [-0.39, 0.29) is 0 Å². The predicted octanol–water partition coefficient (Wildman–Crippen LogP) is 0.994. The molecule has 0 aromatic carbocycles. The van der Waals surface area contributed by atoms with Gasteiger partial charge in [-0.2, -0.15) is 0 Å². The van der Waals surface area contributed by atoms with Crippen molar-refractivity contribution >= 4 is 10.0 Å². The summed E-state index contributed by atoms with van der Waals surface area (Å²) in [5.74, 6) is 0. The molecule has 5 heteroatoms. The van der Waals surface area contributed by atoms with Crippen LogP contribution in [-0.2, 0) is 14.8 Å². The Labute approximate surface area is 79.8 Å². The minimum Gasteiger partial charge on any atom is -0.505 e. The third kappa shape index (κ3) is 5.65. The van der Waals surface area contributed by atoms with Crippen LogP contribution in [0.4, 0.5) is 0 Å². The van der Waals surface area contributed by atoms with Gasteiger partial charge in [0.1, 0.15) is 0 Å². The first-order valence-corrected chi connectivity index (χ1v) is 5.82. The van der Waals surface area contributed by atoms with Crippen molar-refractivity contribution in [2.45, 2.75) is 31.4 Å². The van der Waals surface area contributed by atoms with Gasteiger partial charge in [-0.05, 0) is 25.3 Å². The smallest absolute Gasteiger partial charge is 0.211 e. The summed E-state index contributed by atoms with van der Waals surface area (Å²) < 4.78 is 26.6. The van der Waals surface area contributed by atoms with E-state index in [9.17, 15) is 8.42 Å². The fourth-order valence-electron chi connectivity index (χ4n) is 1.05. The molecule has 0 heterocycles. The number of hydrogen-bond acceptors (Lipinski definition) is 3. The molecule has 0 spiro atoms. The lowest BCUT2D eigenvalue weighted by atomic mass is 10.2. The molecule has 0 aromatic heterocycles. The highest BCUT2D eigenvalue weighted by molar-refractivity contribution is 7.89. The van der Waals surface area contributed by atoms with Crippen LogP contribution in [0, 0.1) is 0 Å². The summed E-state index contributed by atoms with van der Waals surface area (Å²) >= 11 is 0. The Balaban J connectivity index is 3.95. The zero-order valence-corrected chi connectivity index (χ0v) is 8.88. The summed E-state index contributed by atoms with van der Waals surface area (Å²) in [4.78, 5) is 0. The number of methoxy groups -OCH3 is 1. The van der Waals surface area contributed by atoms with Crippen molar-refractivity contribution in [3.8, 4) is 0 Å². The van der Waals surface area contributed by atoms with E-state index in [4.69, 9.17) is 5.14 Å². The van der Waals surface area contributed by atoms with Gasteiger partial charge < -0.3 is 4.74 Å². The lowest BCUT2D eigenvalue weighted by Crippen LogP contribution is -2.27. The predicted molar refractivity (Wildman–Crippen MR) is 52.6 cm³/mol. The topological polar surface area (TPSA) is 69.4 Å². The van der Waals surface area contributed by atoms with E-state index in [1.54, 1.807) is 13.2 Å². The maximum atomic E-state index is 10.9. The van der Waals surface area contributed by atoms with Crippen molar-refractivity contribution in [3.05, 3.63) is 12.3 Å². The summed E-state index contributed by atoms with van der Waals surface area (Å²) in [5, 5.41) is 4.59. The molecule has 1 atom stereocenters. The largest absolute Gasteiger partial charge is 0.505 e. The van der Waals surface area contributed by atoms with Crippen LogP contribution in [0.15, 0.2) is 12.3 Å². The van der Waals surface area contributed by atoms with Crippen molar-refractivity contribution in [1.29, 1.82) is 0 Å². The first kappa shape index (κ1) is 12.4. The van der Waals surface area contributed by atoms with Gasteiger partial charge in [-0.25, -0.2) is 13.6 Å². The van der Waals surface area contributed by atoms with Crippen LogP contribution in [0.1, 0.15) is 26.2 Å². The molecule has 0 unspecified atom stereocenters. The minimum absolute atomic E-state index is 0.436. The molecule has 2 N–H and O–H groups in total. The monoisotopic (exact) mass is 207 g/mol. The molecule has 0 bridgehead atoms. The number of nitrogens with two attached hydrogens (primary N) is 1. The lowest BCUT2D eigenvalue weighted by molar-refractivity contribution is 0.336. The average Bonchev–Trinajstić information content (AvgIpc) is 2.02. The molecule has 0 aromatic rings. The normalized spacial score (nSPS) is 14.7. The second-order valence-electron chi connectivity index (χ2n) is 2.80. The molecule has 0 rings (SSSR count). The molecule has 0 saturated carbocycles. The van der Waals surface area contributed by atoms with E-state index in [2.05, 4.69) is 4.74 Å². The Kier molecular flexibility index (Phi) is 5.73. The van der Waals surface area contributed by atoms with Crippen LogP contribution in [0.25, 0.3) is 0 Å². The van der Waals surface area contributed by atoms with Gasteiger partial charge in [-0.15, -0.1) is 0 Å². The maximum Gasteiger partial charge on any atom is 0.211 e. The third-order valence-electron chi connectivity index (χ3n) is 1.81. The minimum atomic E-state index is -3.38. The van der Waals surface area contributed by atoms with Gasteiger partial charge in [0.05, 0.1) is 18.6 Å². The van der Waals surface area contributed by atoms with E-state index in [0.717, 1.165) is 0 Å². The van der Waals surface area contributed by atoms with E-state index >= 15 is 0 Å². The molecular formula is C8H17NO3S. The van der Waals surface area contributed by atoms with Crippen LogP contribution in [0.5, 0.6) is 0 Å². The fourth-order valence-corrected chi connectivity index (χ4v) is 1.98. The van der Waals surface area contributed by atoms with Crippen LogP contribution in [-0.4, -0.2) is 20.8 Å². The molecule has 0 aliphatic carbocycles. The zero-order valence-electron chi connectivity index (χ0n) is 8.06. The maximum absolute atomic E-state index is 10.9. The number of ether oxygens (including phenoxy) is 1. The number of hydrogen-bond donors (Lipinski definition) is 1. The second-order valence-corrected chi connectivity index (χ2v) is 4.65. The van der Waals surface area contributed by atoms with Gasteiger partial charge in [-0.1, -0.05) is 6.92 Å². The molecule has 0 radical (unpaired) electrons. The zero-order chi connectivity index (χ0) is 10.3. The van der Waals surface area contributed by atoms with E-state index in [1.165, 1.54) is 6.26 Å². The van der Waals surface area contributed by atoms with Gasteiger partial charge in [0, 0.05) is 0 Å². The van der Waals surface area contributed by atoms with Gasteiger partial charge >= 0.3 is 0 Å². The van der Waals surface area contributed by atoms with E-state index in [1.807, 2.05) is 6.92 Å². The number of rotatable bonds is 6. The number of sulfonamides is 1. The molecular weight excluding hydrogens is 190 g/mol. The van der Waals surface area contributed by atoms with Crippen molar-refractivity contribution in [2.24, 2.45) is 5.14 Å². The lowest BCUT2D eigenvalue weighted by Gasteiger charge is -2.09. The molecule has 0 fully saturated rings. The summed E-state index contributed by atoms with van der Waals surface area (Å²) in [6.07, 6.45) is 5.10. The van der Waals surface area contributed by atoms with Gasteiger partial charge in [0.25, 0.3) is 0 Å². The Morgan fingerprint density at radius 2 is 2.15 bits per heavy atom. The molecule has 0 saturated heterocycles. The van der Waals surface area contributed by atoms with Crippen LogP contribution in [0.2, 0.25) is 0 Å². The summed E-state index contributed by atoms with van der Waals surface area (Å²) in [7, 11) is -1.83. The molecule has 78 valence electrons. The highest BCUT2D eigenvalue weighted by Crippen LogP contribution is 2.09. The highest BCUT2D eigenvalue weighted by atomic mass is 32.2. The fraction of sp³-hybridized carbons (Fsp3) is 0.750. The number of allylic oxidation sites excluding steroid dienone is 1. The quantitative estimate of drug-likeness (QED) is 0.660. The Bertz CT molecular complexity index is 246. The molecule has 0 aliphatic heterocycles. The van der Waals surface area contributed by atoms with Crippen molar-refractivity contribution in [3.63, 3.8) is 0 Å².